The van der Waals surface area contributed by atoms with Gasteiger partial charge < -0.3 is 8.60 Å². The van der Waals surface area contributed by atoms with Crippen LogP contribution in [0.4, 0.5) is 22.0 Å². The Morgan fingerprint density at radius 2 is 1.21 bits per heavy atom. The van der Waals surface area contributed by atoms with Gasteiger partial charge in [0.25, 0.3) is 5.92 Å². The molecule has 1 heterocycles. The first-order valence-corrected chi connectivity index (χ1v) is 15.8. The van der Waals surface area contributed by atoms with E-state index in [0.717, 1.165) is 0 Å². The van der Waals surface area contributed by atoms with E-state index in [1.54, 1.807) is 91.0 Å². The molecule has 1 aromatic heterocycles. The fourth-order valence-corrected chi connectivity index (χ4v) is 6.52. The zero-order valence-electron chi connectivity index (χ0n) is 24.6. The second kappa shape index (κ2) is 12.1. The molecule has 0 saturated heterocycles. The van der Waals surface area contributed by atoms with Crippen LogP contribution in [0.15, 0.2) is 108 Å². The minimum atomic E-state index is -5.34. The van der Waals surface area contributed by atoms with Crippen molar-refractivity contribution in [2.75, 3.05) is 5.75 Å². The molecule has 0 fully saturated rings. The van der Waals surface area contributed by atoms with Gasteiger partial charge in [-0.2, -0.15) is 32.1 Å². The van der Waals surface area contributed by atoms with Gasteiger partial charge in [-0.25, -0.2) is 8.78 Å². The van der Waals surface area contributed by atoms with E-state index in [2.05, 4.69) is 12.1 Å². The van der Waals surface area contributed by atoms with Crippen molar-refractivity contribution in [3.63, 3.8) is 0 Å². The van der Waals surface area contributed by atoms with Crippen LogP contribution in [0.3, 0.4) is 0 Å². The Morgan fingerprint density at radius 3 is 1.75 bits per heavy atom. The third kappa shape index (κ3) is 6.85. The average Bonchev–Trinajstić information content (AvgIpc) is 3.42. The SMILES string of the molecule is N#Cc1ccc(-c2cc(-c3ccc(C#N)cc3)cc(-c3ccc4c(oc5ccccc54)c3OS(=O)(=O)CC(F)(F)CC(F)(F)F)c2)cc1. The van der Waals surface area contributed by atoms with Gasteiger partial charge in [0.05, 0.1) is 23.3 Å². The minimum absolute atomic E-state index is 0.0923. The van der Waals surface area contributed by atoms with E-state index in [1.807, 2.05) is 6.07 Å². The van der Waals surface area contributed by atoms with E-state index >= 15 is 0 Å². The molecule has 0 bridgehead atoms. The van der Waals surface area contributed by atoms with Gasteiger partial charge in [0.15, 0.2) is 17.1 Å². The maximum atomic E-state index is 14.4. The maximum Gasteiger partial charge on any atom is 0.394 e. The molecule has 0 radical (unpaired) electrons. The lowest BCUT2D eigenvalue weighted by Gasteiger charge is -2.19. The number of nitriles is 2. The Hall–Kier alpha value is -5.72. The van der Waals surface area contributed by atoms with Crippen molar-refractivity contribution in [2.24, 2.45) is 0 Å². The summed E-state index contributed by atoms with van der Waals surface area (Å²) in [6, 6.07) is 32.5. The first-order valence-electron chi connectivity index (χ1n) is 14.2. The summed E-state index contributed by atoms with van der Waals surface area (Å²) in [6.07, 6.45) is -7.97. The van der Waals surface area contributed by atoms with Crippen molar-refractivity contribution in [1.29, 1.82) is 10.5 Å². The minimum Gasteiger partial charge on any atom is -0.452 e. The van der Waals surface area contributed by atoms with Crippen LogP contribution < -0.4 is 4.18 Å². The Bertz CT molecular complexity index is 2290. The molecule has 0 aliphatic heterocycles. The molecular weight excluding hydrogens is 651 g/mol. The van der Waals surface area contributed by atoms with E-state index in [-0.39, 0.29) is 11.1 Å². The monoisotopic (exact) mass is 672 g/mol. The third-order valence-electron chi connectivity index (χ3n) is 7.50. The summed E-state index contributed by atoms with van der Waals surface area (Å²) < 4.78 is 105. The highest BCUT2D eigenvalue weighted by molar-refractivity contribution is 7.87. The Labute approximate surface area is 271 Å². The summed E-state index contributed by atoms with van der Waals surface area (Å²) in [5, 5.41) is 19.5. The van der Waals surface area contributed by atoms with Gasteiger partial charge in [-0.05, 0) is 88.5 Å². The highest BCUT2D eigenvalue weighted by atomic mass is 32.2. The molecule has 12 heteroatoms. The Balaban J connectivity index is 1.57. The van der Waals surface area contributed by atoms with Gasteiger partial charge in [0.2, 0.25) is 0 Å². The number of benzene rings is 5. The van der Waals surface area contributed by atoms with Gasteiger partial charge in [-0.15, -0.1) is 0 Å². The highest BCUT2D eigenvalue weighted by Crippen LogP contribution is 2.44. The molecule has 0 spiro atoms. The quantitative estimate of drug-likeness (QED) is 0.118. The fourth-order valence-electron chi connectivity index (χ4n) is 5.42. The molecular formula is C36H21F5N2O4S. The number of hydrogen-bond acceptors (Lipinski definition) is 6. The summed E-state index contributed by atoms with van der Waals surface area (Å²) >= 11 is 0. The van der Waals surface area contributed by atoms with E-state index in [1.165, 1.54) is 6.07 Å². The largest absolute Gasteiger partial charge is 0.452 e. The number of para-hydroxylation sites is 1. The standard InChI is InChI=1S/C36H21F5N2O4S/c37-35(38,20-36(39,40)41)21-48(44,45)47-34-29(13-14-31-30-3-1-2-4-32(30)46-33(31)34)28-16-26(24-9-5-22(18-42)6-10-24)15-27(17-28)25-11-7-23(19-43)8-12-25/h1-17H,20-21H2. The van der Waals surface area contributed by atoms with Crippen LogP contribution in [0.1, 0.15) is 17.5 Å². The molecule has 240 valence electrons. The van der Waals surface area contributed by atoms with Gasteiger partial charge in [0.1, 0.15) is 12.0 Å². The molecule has 6 aromatic rings. The summed E-state index contributed by atoms with van der Waals surface area (Å²) in [5.74, 6) is -7.37. The van der Waals surface area contributed by atoms with Crippen molar-refractivity contribution < 1.29 is 39.0 Å². The van der Waals surface area contributed by atoms with Crippen molar-refractivity contribution in [2.45, 2.75) is 18.5 Å². The zero-order chi connectivity index (χ0) is 34.3. The zero-order valence-corrected chi connectivity index (χ0v) is 25.4. The first-order chi connectivity index (χ1) is 22.7. The molecule has 0 aliphatic rings. The van der Waals surface area contributed by atoms with E-state index < -0.39 is 40.1 Å². The molecule has 0 aliphatic carbocycles. The predicted molar refractivity (Wildman–Crippen MR) is 169 cm³/mol. The molecule has 5 aromatic carbocycles. The van der Waals surface area contributed by atoms with E-state index in [9.17, 15) is 40.9 Å². The van der Waals surface area contributed by atoms with Crippen LogP contribution in [0.2, 0.25) is 0 Å². The predicted octanol–water partition coefficient (Wildman–Crippen LogP) is 9.63. The number of rotatable bonds is 8. The Kier molecular flexibility index (Phi) is 8.15. The van der Waals surface area contributed by atoms with Crippen LogP contribution in [0, 0.1) is 22.7 Å². The summed E-state index contributed by atoms with van der Waals surface area (Å²) in [4.78, 5) is 0. The lowest BCUT2D eigenvalue weighted by Crippen LogP contribution is -2.35. The molecule has 6 rings (SSSR count). The maximum absolute atomic E-state index is 14.4. The lowest BCUT2D eigenvalue weighted by atomic mass is 9.92. The smallest absolute Gasteiger partial charge is 0.394 e. The number of nitrogens with zero attached hydrogens (tertiary/aromatic N) is 2. The van der Waals surface area contributed by atoms with Crippen LogP contribution >= 0.6 is 0 Å². The molecule has 0 amide bonds. The number of furan rings is 1. The lowest BCUT2D eigenvalue weighted by molar-refractivity contribution is -0.181. The molecule has 48 heavy (non-hydrogen) atoms. The number of fused-ring (bicyclic) bond motifs is 3. The summed E-state index contributed by atoms with van der Waals surface area (Å²) in [5.41, 5.74) is 4.09. The topological polar surface area (TPSA) is 104 Å². The van der Waals surface area contributed by atoms with E-state index in [4.69, 9.17) is 8.60 Å². The molecule has 0 saturated carbocycles. The van der Waals surface area contributed by atoms with Crippen molar-refractivity contribution >= 4 is 32.1 Å². The number of hydrogen-bond donors (Lipinski definition) is 0. The molecule has 0 unspecified atom stereocenters. The van der Waals surface area contributed by atoms with Crippen LogP contribution in [-0.2, 0) is 10.1 Å². The van der Waals surface area contributed by atoms with Crippen molar-refractivity contribution in [3.05, 3.63) is 114 Å². The molecule has 0 N–H and O–H groups in total. The van der Waals surface area contributed by atoms with Crippen molar-refractivity contribution in [3.8, 4) is 51.3 Å². The van der Waals surface area contributed by atoms with Gasteiger partial charge in [-0.1, -0.05) is 42.5 Å². The number of alkyl halides is 5. The summed E-state index contributed by atoms with van der Waals surface area (Å²) in [7, 11) is -5.34. The van der Waals surface area contributed by atoms with Crippen LogP contribution in [-0.4, -0.2) is 26.3 Å². The van der Waals surface area contributed by atoms with Crippen LogP contribution in [0.5, 0.6) is 5.75 Å². The molecule has 6 nitrogen and oxygen atoms in total. The van der Waals surface area contributed by atoms with Crippen molar-refractivity contribution in [1.82, 2.24) is 0 Å². The van der Waals surface area contributed by atoms with Gasteiger partial charge >= 0.3 is 16.3 Å². The molecule has 0 atom stereocenters. The number of halogens is 5. The average molecular weight is 673 g/mol. The van der Waals surface area contributed by atoms with Gasteiger partial charge in [0, 0.05) is 16.3 Å². The Morgan fingerprint density at radius 1 is 0.667 bits per heavy atom. The second-order valence-electron chi connectivity index (χ2n) is 11.0. The summed E-state index contributed by atoms with van der Waals surface area (Å²) in [6.45, 7) is 0. The normalized spacial score (nSPS) is 12.1. The third-order valence-corrected chi connectivity index (χ3v) is 8.69. The van der Waals surface area contributed by atoms with Gasteiger partial charge in [-0.3, -0.25) is 0 Å². The first kappa shape index (κ1) is 32.2. The highest BCUT2D eigenvalue weighted by Gasteiger charge is 2.47. The fraction of sp³-hybridized carbons (Fsp3) is 0.111. The van der Waals surface area contributed by atoms with E-state index in [0.29, 0.717) is 55.3 Å². The van der Waals surface area contributed by atoms with Crippen LogP contribution in [0.25, 0.3) is 55.3 Å². The second-order valence-corrected chi connectivity index (χ2v) is 12.6.